The van der Waals surface area contributed by atoms with Gasteiger partial charge < -0.3 is 25.0 Å². The van der Waals surface area contributed by atoms with E-state index in [2.05, 4.69) is 5.32 Å². The summed E-state index contributed by atoms with van der Waals surface area (Å²) in [7, 11) is 1.24. The van der Waals surface area contributed by atoms with Crippen molar-refractivity contribution in [2.45, 2.75) is 62.9 Å². The molecule has 0 aromatic heterocycles. The van der Waals surface area contributed by atoms with Crippen molar-refractivity contribution >= 4 is 12.1 Å². The van der Waals surface area contributed by atoms with Gasteiger partial charge in [0.1, 0.15) is 22.8 Å². The van der Waals surface area contributed by atoms with Gasteiger partial charge in [0.05, 0.1) is 7.11 Å². The molecular weight excluding hydrogens is 458 g/mol. The molecular formula is C29H35NO6. The van der Waals surface area contributed by atoms with Crippen LogP contribution < -0.4 is 5.32 Å². The fourth-order valence-electron chi connectivity index (χ4n) is 4.25. The first kappa shape index (κ1) is 27.2. The first-order valence-electron chi connectivity index (χ1n) is 11.9. The fourth-order valence-corrected chi connectivity index (χ4v) is 4.25. The predicted octanol–water partition coefficient (Wildman–Crippen LogP) is 3.89. The van der Waals surface area contributed by atoms with Gasteiger partial charge in [-0.25, -0.2) is 9.59 Å². The van der Waals surface area contributed by atoms with Crippen LogP contribution in [0.1, 0.15) is 38.3 Å². The Balaban J connectivity index is 1.91. The summed E-state index contributed by atoms with van der Waals surface area (Å²) in [5, 5.41) is 26.2. The number of hydrogen-bond donors (Lipinski definition) is 3. The monoisotopic (exact) mass is 493 g/mol. The second-order valence-corrected chi connectivity index (χ2v) is 10.2. The maximum Gasteiger partial charge on any atom is 0.408 e. The Hall–Kier alpha value is -3.42. The molecule has 0 spiro atoms. The van der Waals surface area contributed by atoms with Gasteiger partial charge in [0.15, 0.2) is 0 Å². The van der Waals surface area contributed by atoms with Gasteiger partial charge in [-0.3, -0.25) is 0 Å². The van der Waals surface area contributed by atoms with Crippen LogP contribution in [0.15, 0.2) is 84.5 Å². The molecule has 3 unspecified atom stereocenters. The summed E-state index contributed by atoms with van der Waals surface area (Å²) < 4.78 is 10.2. The number of methoxy groups -OCH3 is 1. The highest BCUT2D eigenvalue weighted by Gasteiger charge is 2.48. The third-order valence-electron chi connectivity index (χ3n) is 6.00. The lowest BCUT2D eigenvalue weighted by atomic mass is 9.70. The van der Waals surface area contributed by atoms with Crippen LogP contribution in [0.25, 0.3) is 0 Å². The number of rotatable bonds is 8. The Kier molecular flexibility index (Phi) is 8.38. The molecule has 7 nitrogen and oxygen atoms in total. The molecule has 0 aliphatic heterocycles. The number of esters is 1. The molecule has 1 aliphatic rings. The van der Waals surface area contributed by atoms with E-state index in [1.54, 1.807) is 39.0 Å². The zero-order chi connectivity index (χ0) is 26.4. The van der Waals surface area contributed by atoms with Crippen LogP contribution in [-0.2, 0) is 27.1 Å². The third-order valence-corrected chi connectivity index (χ3v) is 6.00. The quantitative estimate of drug-likeness (QED) is 0.482. The highest BCUT2D eigenvalue weighted by Crippen LogP contribution is 2.38. The van der Waals surface area contributed by atoms with E-state index < -0.39 is 34.9 Å². The normalized spacial score (nSPS) is 22.3. The van der Waals surface area contributed by atoms with Gasteiger partial charge >= 0.3 is 12.1 Å². The molecule has 0 fully saturated rings. The molecule has 1 aliphatic carbocycles. The number of benzene rings is 2. The number of allylic oxidation sites excluding steroid dienone is 1. The van der Waals surface area contributed by atoms with Crippen LogP contribution in [0, 0.1) is 0 Å². The minimum Gasteiger partial charge on any atom is -0.467 e. The van der Waals surface area contributed by atoms with Crippen LogP contribution >= 0.6 is 0 Å². The van der Waals surface area contributed by atoms with Crippen molar-refractivity contribution in [3.63, 3.8) is 0 Å². The van der Waals surface area contributed by atoms with Crippen molar-refractivity contribution in [1.29, 1.82) is 0 Å². The Morgan fingerprint density at radius 2 is 1.44 bits per heavy atom. The summed E-state index contributed by atoms with van der Waals surface area (Å²) in [6.45, 7) is 5.18. The molecule has 7 heteroatoms. The smallest absolute Gasteiger partial charge is 0.408 e. The number of nitrogens with one attached hydrogen (secondary N) is 1. The molecule has 0 radical (unpaired) electrons. The Morgan fingerprint density at radius 3 is 1.94 bits per heavy atom. The minimum absolute atomic E-state index is 0.0426. The number of carbonyl (C=O) groups is 2. The summed E-state index contributed by atoms with van der Waals surface area (Å²) in [5.74, 6) is -0.646. The van der Waals surface area contributed by atoms with Crippen LogP contribution in [0.5, 0.6) is 0 Å². The van der Waals surface area contributed by atoms with Crippen LogP contribution in [-0.4, -0.2) is 52.2 Å². The number of aliphatic hydroxyl groups is 2. The van der Waals surface area contributed by atoms with E-state index in [1.807, 2.05) is 60.7 Å². The van der Waals surface area contributed by atoms with Gasteiger partial charge in [-0.15, -0.1) is 0 Å². The molecule has 0 bridgehead atoms. The number of hydrogen-bond acceptors (Lipinski definition) is 6. The van der Waals surface area contributed by atoms with E-state index in [9.17, 15) is 19.8 Å². The topological polar surface area (TPSA) is 105 Å². The first-order chi connectivity index (χ1) is 16.9. The second kappa shape index (κ2) is 11.1. The van der Waals surface area contributed by atoms with Gasteiger partial charge in [0.2, 0.25) is 0 Å². The molecule has 2 aromatic rings. The number of alkyl carbamates (subject to hydrolysis) is 1. The highest BCUT2D eigenvalue weighted by molar-refractivity contribution is 5.81. The summed E-state index contributed by atoms with van der Waals surface area (Å²) in [6, 6.07) is 17.8. The van der Waals surface area contributed by atoms with E-state index in [1.165, 1.54) is 7.11 Å². The summed E-state index contributed by atoms with van der Waals surface area (Å²) in [6.07, 6.45) is 4.45. The van der Waals surface area contributed by atoms with Crippen molar-refractivity contribution in [1.82, 2.24) is 5.32 Å². The first-order valence-corrected chi connectivity index (χ1v) is 11.9. The lowest BCUT2D eigenvalue weighted by molar-refractivity contribution is -0.143. The molecule has 3 atom stereocenters. The summed E-state index contributed by atoms with van der Waals surface area (Å²) in [4.78, 5) is 24.8. The Bertz CT molecular complexity index is 1110. The van der Waals surface area contributed by atoms with Gasteiger partial charge in [-0.2, -0.15) is 0 Å². The van der Waals surface area contributed by atoms with Crippen LogP contribution in [0.2, 0.25) is 0 Å². The fraction of sp³-hybridized carbons (Fsp3) is 0.379. The molecule has 0 saturated carbocycles. The Morgan fingerprint density at radius 1 is 0.917 bits per heavy atom. The molecule has 3 N–H and O–H groups in total. The SMILES string of the molecule is COC(=O)C(CC1=CC(O)(Cc2ccccc2)C(O)(Cc2ccccc2)C=C1)NC(=O)OC(C)(C)C. The van der Waals surface area contributed by atoms with Crippen LogP contribution in [0.4, 0.5) is 4.79 Å². The van der Waals surface area contributed by atoms with Crippen molar-refractivity contribution in [2.75, 3.05) is 7.11 Å². The molecule has 3 rings (SSSR count). The molecule has 2 aromatic carbocycles. The maximum atomic E-state index is 12.5. The third kappa shape index (κ3) is 7.06. The molecule has 1 amide bonds. The van der Waals surface area contributed by atoms with Gasteiger partial charge in [0, 0.05) is 19.3 Å². The lowest BCUT2D eigenvalue weighted by Crippen LogP contribution is -2.56. The largest absolute Gasteiger partial charge is 0.467 e. The van der Waals surface area contributed by atoms with E-state index >= 15 is 0 Å². The van der Waals surface area contributed by atoms with E-state index in [-0.39, 0.29) is 19.3 Å². The van der Waals surface area contributed by atoms with E-state index in [4.69, 9.17) is 9.47 Å². The molecule has 192 valence electrons. The van der Waals surface area contributed by atoms with E-state index in [0.29, 0.717) is 5.57 Å². The average Bonchev–Trinajstić information content (AvgIpc) is 2.81. The molecule has 0 heterocycles. The standard InChI is InChI=1S/C29H35NO6/c1-27(2,3)36-26(32)30-24(25(31)35-4)17-23-15-16-28(33,18-21-11-7-5-8-12-21)29(34,20-23)19-22-13-9-6-10-14-22/h5-16,20,24,33-34H,17-19H2,1-4H3,(H,30,32). The second-order valence-electron chi connectivity index (χ2n) is 10.2. The zero-order valence-electron chi connectivity index (χ0n) is 21.2. The zero-order valence-corrected chi connectivity index (χ0v) is 21.2. The average molecular weight is 494 g/mol. The van der Waals surface area contributed by atoms with Gasteiger partial charge in [0.25, 0.3) is 0 Å². The number of ether oxygens (including phenoxy) is 2. The van der Waals surface area contributed by atoms with E-state index in [0.717, 1.165) is 11.1 Å². The molecule has 0 saturated heterocycles. The van der Waals surface area contributed by atoms with Gasteiger partial charge in [-0.05, 0) is 49.6 Å². The Labute approximate surface area is 212 Å². The number of amides is 1. The van der Waals surface area contributed by atoms with Crippen molar-refractivity contribution in [3.8, 4) is 0 Å². The summed E-state index contributed by atoms with van der Waals surface area (Å²) in [5.41, 5.74) is -1.74. The van der Waals surface area contributed by atoms with Crippen LogP contribution in [0.3, 0.4) is 0 Å². The van der Waals surface area contributed by atoms with Crippen molar-refractivity contribution < 1.29 is 29.3 Å². The predicted molar refractivity (Wildman–Crippen MR) is 137 cm³/mol. The summed E-state index contributed by atoms with van der Waals surface area (Å²) >= 11 is 0. The van der Waals surface area contributed by atoms with Crippen molar-refractivity contribution in [2.24, 2.45) is 0 Å². The maximum absolute atomic E-state index is 12.5. The highest BCUT2D eigenvalue weighted by atomic mass is 16.6. The minimum atomic E-state index is -1.68. The molecule has 36 heavy (non-hydrogen) atoms. The van der Waals surface area contributed by atoms with Gasteiger partial charge in [-0.1, -0.05) is 66.7 Å². The lowest BCUT2D eigenvalue weighted by Gasteiger charge is -2.43. The van der Waals surface area contributed by atoms with Crippen molar-refractivity contribution in [3.05, 3.63) is 95.6 Å². The number of carbonyl (C=O) groups excluding carboxylic acids is 2.